The Bertz CT molecular complexity index is 1050. The Balaban J connectivity index is 1.68. The van der Waals surface area contributed by atoms with Crippen LogP contribution in [0, 0.1) is 0 Å². The van der Waals surface area contributed by atoms with Gasteiger partial charge < -0.3 is 4.74 Å². The molecule has 2 saturated heterocycles. The number of benzene rings is 2. The molecule has 2 aromatic rings. The van der Waals surface area contributed by atoms with Crippen LogP contribution in [0.2, 0.25) is 0 Å². The van der Waals surface area contributed by atoms with Gasteiger partial charge in [0.05, 0.1) is 6.04 Å². The lowest BCUT2D eigenvalue weighted by Gasteiger charge is -2.52. The van der Waals surface area contributed by atoms with Gasteiger partial charge in [-0.2, -0.15) is 5.06 Å². The Kier molecular flexibility index (Phi) is 7.31. The predicted octanol–water partition coefficient (Wildman–Crippen LogP) is 5.94. The molecule has 2 amide bonds. The third-order valence-electron chi connectivity index (χ3n) is 7.62. The van der Waals surface area contributed by atoms with E-state index in [1.54, 1.807) is 0 Å². The van der Waals surface area contributed by atoms with E-state index in [1.807, 2.05) is 79.6 Å². The van der Waals surface area contributed by atoms with Crippen LogP contribution in [0.3, 0.4) is 0 Å². The molecule has 0 radical (unpaired) electrons. The highest BCUT2D eigenvalue weighted by Crippen LogP contribution is 2.40. The second-order valence-electron chi connectivity index (χ2n) is 11.9. The Labute approximate surface area is 215 Å². The minimum Gasteiger partial charge on any atom is -0.441 e. The van der Waals surface area contributed by atoms with Crippen molar-refractivity contribution in [3.8, 4) is 0 Å². The van der Waals surface area contributed by atoms with E-state index >= 15 is 0 Å². The highest BCUT2D eigenvalue weighted by atomic mass is 16.7. The first-order chi connectivity index (χ1) is 16.9. The number of hydrogen-bond donors (Lipinski definition) is 0. The van der Waals surface area contributed by atoms with Gasteiger partial charge in [0.1, 0.15) is 5.60 Å². The van der Waals surface area contributed by atoms with Gasteiger partial charge in [-0.15, -0.1) is 0 Å². The summed E-state index contributed by atoms with van der Waals surface area (Å²) in [6.07, 6.45) is 2.46. The van der Waals surface area contributed by atoms with Crippen LogP contribution in [-0.2, 0) is 27.2 Å². The zero-order valence-corrected chi connectivity index (χ0v) is 22.5. The van der Waals surface area contributed by atoms with Crippen molar-refractivity contribution < 1.29 is 19.2 Å². The van der Waals surface area contributed by atoms with Crippen molar-refractivity contribution in [1.82, 2.24) is 9.96 Å². The van der Waals surface area contributed by atoms with Gasteiger partial charge in [-0.1, -0.05) is 60.7 Å². The third kappa shape index (κ3) is 5.50. The van der Waals surface area contributed by atoms with Crippen LogP contribution in [0.15, 0.2) is 60.7 Å². The van der Waals surface area contributed by atoms with Crippen molar-refractivity contribution in [2.75, 3.05) is 0 Å². The largest absolute Gasteiger partial charge is 0.441 e. The molecule has 2 aliphatic heterocycles. The van der Waals surface area contributed by atoms with Gasteiger partial charge in [0.2, 0.25) is 0 Å². The first-order valence-electron chi connectivity index (χ1n) is 13.0. The van der Waals surface area contributed by atoms with Gasteiger partial charge in [0, 0.05) is 17.5 Å². The van der Waals surface area contributed by atoms with Crippen LogP contribution < -0.4 is 0 Å². The number of hydrogen-bond acceptors (Lipinski definition) is 5. The van der Waals surface area contributed by atoms with E-state index in [1.165, 1.54) is 4.90 Å². The molecule has 4 rings (SSSR count). The van der Waals surface area contributed by atoms with Gasteiger partial charge in [-0.3, -0.25) is 9.63 Å². The van der Waals surface area contributed by atoms with Crippen molar-refractivity contribution in [3.05, 3.63) is 71.8 Å². The number of hydroxylamine groups is 2. The predicted molar refractivity (Wildman–Crippen MR) is 140 cm³/mol. The first-order valence-corrected chi connectivity index (χ1v) is 13.0. The molecule has 0 bridgehead atoms. The number of carbonyl (C=O) groups is 2. The minimum absolute atomic E-state index is 0.245. The minimum atomic E-state index is -0.858. The fourth-order valence-electron chi connectivity index (χ4n) is 5.74. The quantitative estimate of drug-likeness (QED) is 0.479. The lowest BCUT2D eigenvalue weighted by molar-refractivity contribution is -0.300. The first kappa shape index (κ1) is 26.4. The molecular weight excluding hydrogens is 452 g/mol. The molecule has 6 heteroatoms. The Morgan fingerprint density at radius 3 is 2.00 bits per heavy atom. The third-order valence-corrected chi connectivity index (χ3v) is 7.62. The van der Waals surface area contributed by atoms with E-state index in [9.17, 15) is 9.59 Å². The van der Waals surface area contributed by atoms with Crippen LogP contribution >= 0.6 is 0 Å². The summed E-state index contributed by atoms with van der Waals surface area (Å²) >= 11 is 0. The van der Waals surface area contributed by atoms with Crippen LogP contribution in [0.25, 0.3) is 0 Å². The molecule has 0 aromatic heterocycles. The average Bonchev–Trinajstić information content (AvgIpc) is 3.03. The van der Waals surface area contributed by atoms with Crippen molar-refractivity contribution in [2.45, 2.75) is 102 Å². The average molecular weight is 493 g/mol. The molecule has 1 unspecified atom stereocenters. The number of imide groups is 1. The van der Waals surface area contributed by atoms with E-state index < -0.39 is 23.8 Å². The summed E-state index contributed by atoms with van der Waals surface area (Å²) in [6.45, 7) is 12.4. The van der Waals surface area contributed by atoms with Gasteiger partial charge in [-0.05, 0) is 78.4 Å². The van der Waals surface area contributed by atoms with E-state index in [0.29, 0.717) is 12.8 Å². The second kappa shape index (κ2) is 9.98. The summed E-state index contributed by atoms with van der Waals surface area (Å²) in [7, 11) is 0. The normalized spacial score (nSPS) is 23.8. The molecule has 6 nitrogen and oxygen atoms in total. The molecule has 2 atom stereocenters. The number of amides is 2. The zero-order valence-electron chi connectivity index (χ0n) is 22.5. The number of rotatable bonds is 7. The van der Waals surface area contributed by atoms with Crippen LogP contribution in [0.4, 0.5) is 4.79 Å². The molecular formula is C30H40N2O4. The summed E-state index contributed by atoms with van der Waals surface area (Å²) in [5.41, 5.74) is 0.723. The SMILES string of the molecule is CC1(C)OC(=O)N(C(=O)C(Cc2ccccc2)ON2C(C)(C)CCCC2(C)C)[C@H]1Cc1ccccc1. The lowest BCUT2D eigenvalue weighted by atomic mass is 9.82. The molecule has 2 aromatic carbocycles. The zero-order chi connectivity index (χ0) is 26.1. The van der Waals surface area contributed by atoms with E-state index in [0.717, 1.165) is 30.4 Å². The maximum atomic E-state index is 14.2. The number of ether oxygens (including phenoxy) is 1. The molecule has 2 fully saturated rings. The number of carbonyl (C=O) groups excluding carboxylic acids is 2. The molecule has 0 saturated carbocycles. The van der Waals surface area contributed by atoms with Crippen LogP contribution in [0.1, 0.15) is 71.9 Å². The van der Waals surface area contributed by atoms with Gasteiger partial charge >= 0.3 is 6.09 Å². The second-order valence-corrected chi connectivity index (χ2v) is 11.9. The maximum absolute atomic E-state index is 14.2. The molecule has 2 aliphatic rings. The molecule has 0 aliphatic carbocycles. The summed E-state index contributed by atoms with van der Waals surface area (Å²) < 4.78 is 5.74. The van der Waals surface area contributed by atoms with E-state index in [4.69, 9.17) is 9.57 Å². The van der Waals surface area contributed by atoms with Crippen molar-refractivity contribution in [3.63, 3.8) is 0 Å². The Morgan fingerprint density at radius 1 is 0.917 bits per heavy atom. The number of nitrogens with zero attached hydrogens (tertiary/aromatic N) is 2. The molecule has 0 spiro atoms. The fraction of sp³-hybridized carbons (Fsp3) is 0.533. The van der Waals surface area contributed by atoms with E-state index in [2.05, 4.69) is 27.7 Å². The number of piperidine rings is 1. The van der Waals surface area contributed by atoms with Crippen molar-refractivity contribution in [2.24, 2.45) is 0 Å². The summed E-state index contributed by atoms with van der Waals surface area (Å²) in [4.78, 5) is 35.3. The Morgan fingerprint density at radius 2 is 1.44 bits per heavy atom. The van der Waals surface area contributed by atoms with Crippen LogP contribution in [-0.4, -0.2) is 50.8 Å². The standard InChI is InChI=1S/C30H40N2O4/c1-28(2)18-13-19-29(3,4)32(28)36-24(20-22-14-9-7-10-15-22)26(33)31-25(30(5,6)35-27(31)34)21-23-16-11-8-12-17-23/h7-12,14-17,24-25H,13,18-21H2,1-6H3/t24?,25-/m0/s1. The summed E-state index contributed by atoms with van der Waals surface area (Å²) in [6, 6.07) is 19.3. The smallest absolute Gasteiger partial charge is 0.417 e. The fourth-order valence-corrected chi connectivity index (χ4v) is 5.74. The van der Waals surface area contributed by atoms with Gasteiger partial charge in [0.25, 0.3) is 5.91 Å². The molecule has 194 valence electrons. The van der Waals surface area contributed by atoms with Crippen molar-refractivity contribution >= 4 is 12.0 Å². The molecule has 36 heavy (non-hydrogen) atoms. The van der Waals surface area contributed by atoms with Crippen molar-refractivity contribution in [1.29, 1.82) is 0 Å². The Hall–Kier alpha value is -2.70. The topological polar surface area (TPSA) is 59.1 Å². The highest BCUT2D eigenvalue weighted by Gasteiger charge is 2.53. The highest BCUT2D eigenvalue weighted by molar-refractivity contribution is 5.96. The van der Waals surface area contributed by atoms with Gasteiger partial charge in [-0.25, -0.2) is 9.69 Å². The molecule has 2 heterocycles. The maximum Gasteiger partial charge on any atom is 0.417 e. The monoisotopic (exact) mass is 492 g/mol. The van der Waals surface area contributed by atoms with Gasteiger partial charge in [0.15, 0.2) is 6.10 Å². The number of cyclic esters (lactones) is 1. The lowest BCUT2D eigenvalue weighted by Crippen LogP contribution is -2.61. The van der Waals surface area contributed by atoms with E-state index in [-0.39, 0.29) is 17.0 Å². The summed E-state index contributed by atoms with van der Waals surface area (Å²) in [5, 5.41) is 2.01. The van der Waals surface area contributed by atoms with Crippen LogP contribution in [0.5, 0.6) is 0 Å². The molecule has 0 N–H and O–H groups in total. The summed E-state index contributed by atoms with van der Waals surface area (Å²) in [5.74, 6) is -0.354.